The zero-order valence-corrected chi connectivity index (χ0v) is 13.1. The van der Waals surface area contributed by atoms with Crippen LogP contribution in [0.2, 0.25) is 0 Å². The molecule has 0 bridgehead atoms. The fourth-order valence-corrected chi connectivity index (χ4v) is 2.78. The molecular weight excluding hydrogens is 274 g/mol. The van der Waals surface area contributed by atoms with E-state index in [9.17, 15) is 4.79 Å². The number of aryl methyl sites for hydroxylation is 2. The number of ether oxygens (including phenoxy) is 1. The number of amides is 1. The molecule has 2 aromatic carbocycles. The first-order valence-electron chi connectivity index (χ1n) is 7.43. The number of anilines is 1. The quantitative estimate of drug-likeness (QED) is 0.867. The summed E-state index contributed by atoms with van der Waals surface area (Å²) in [5.74, 6) is 0.839. The molecule has 3 rings (SSSR count). The van der Waals surface area contributed by atoms with Gasteiger partial charge in [-0.3, -0.25) is 4.79 Å². The SMILES string of the molecule is CCc1cc(/C=C2/C(=O)Nc3ccc(C)cc32)ccc1OC. The van der Waals surface area contributed by atoms with E-state index in [2.05, 4.69) is 18.3 Å². The highest BCUT2D eigenvalue weighted by molar-refractivity contribution is 6.34. The zero-order chi connectivity index (χ0) is 15.7. The van der Waals surface area contributed by atoms with Gasteiger partial charge in [0.2, 0.25) is 0 Å². The second kappa shape index (κ2) is 5.68. The van der Waals surface area contributed by atoms with Gasteiger partial charge in [-0.2, -0.15) is 0 Å². The van der Waals surface area contributed by atoms with Crippen LogP contribution in [0.5, 0.6) is 5.75 Å². The molecule has 22 heavy (non-hydrogen) atoms. The number of fused-ring (bicyclic) bond motifs is 1. The van der Waals surface area contributed by atoms with Gasteiger partial charge in [0.25, 0.3) is 5.91 Å². The maximum Gasteiger partial charge on any atom is 0.256 e. The van der Waals surface area contributed by atoms with Crippen LogP contribution in [0.3, 0.4) is 0 Å². The Hall–Kier alpha value is -2.55. The molecule has 112 valence electrons. The van der Waals surface area contributed by atoms with E-state index in [1.54, 1.807) is 7.11 Å². The number of hydrogen-bond donors (Lipinski definition) is 1. The van der Waals surface area contributed by atoms with Crippen LogP contribution in [0.15, 0.2) is 36.4 Å². The van der Waals surface area contributed by atoms with E-state index in [4.69, 9.17) is 4.74 Å². The summed E-state index contributed by atoms with van der Waals surface area (Å²) in [6.07, 6.45) is 2.83. The first-order valence-corrected chi connectivity index (χ1v) is 7.43. The minimum absolute atomic E-state index is 0.0468. The fourth-order valence-electron chi connectivity index (χ4n) is 2.78. The molecule has 1 heterocycles. The zero-order valence-electron chi connectivity index (χ0n) is 13.1. The van der Waals surface area contributed by atoms with Crippen molar-refractivity contribution in [1.29, 1.82) is 0 Å². The van der Waals surface area contributed by atoms with Crippen LogP contribution in [-0.2, 0) is 11.2 Å². The molecule has 3 heteroatoms. The van der Waals surface area contributed by atoms with E-state index in [0.29, 0.717) is 5.57 Å². The number of rotatable bonds is 3. The van der Waals surface area contributed by atoms with Gasteiger partial charge in [-0.05, 0) is 54.8 Å². The van der Waals surface area contributed by atoms with Crippen molar-refractivity contribution < 1.29 is 9.53 Å². The standard InChI is InChI=1S/C19H19NO2/c1-4-14-10-13(6-8-18(14)22-3)11-16-15-9-12(2)5-7-17(15)20-19(16)21/h5-11H,4H2,1-3H3,(H,20,21)/b16-11+. The Kier molecular flexibility index (Phi) is 3.72. The van der Waals surface area contributed by atoms with Crippen molar-refractivity contribution in [1.82, 2.24) is 0 Å². The van der Waals surface area contributed by atoms with Crippen LogP contribution < -0.4 is 10.1 Å². The van der Waals surface area contributed by atoms with Gasteiger partial charge in [0.15, 0.2) is 0 Å². The third-order valence-corrected chi connectivity index (χ3v) is 3.95. The minimum Gasteiger partial charge on any atom is -0.496 e. The first kappa shape index (κ1) is 14.4. The number of benzene rings is 2. The van der Waals surface area contributed by atoms with E-state index in [1.807, 2.05) is 43.3 Å². The normalized spacial score (nSPS) is 14.9. The summed E-state index contributed by atoms with van der Waals surface area (Å²) >= 11 is 0. The Morgan fingerprint density at radius 2 is 2.00 bits per heavy atom. The van der Waals surface area contributed by atoms with Gasteiger partial charge in [0.05, 0.1) is 7.11 Å². The molecule has 0 fully saturated rings. The molecule has 0 aliphatic carbocycles. The van der Waals surface area contributed by atoms with Crippen molar-refractivity contribution >= 4 is 23.2 Å². The van der Waals surface area contributed by atoms with Crippen molar-refractivity contribution in [3.8, 4) is 5.75 Å². The van der Waals surface area contributed by atoms with Gasteiger partial charge in [-0.25, -0.2) is 0 Å². The van der Waals surface area contributed by atoms with Crippen molar-refractivity contribution in [2.45, 2.75) is 20.3 Å². The molecule has 0 saturated heterocycles. The molecule has 0 spiro atoms. The maximum absolute atomic E-state index is 12.2. The molecule has 0 unspecified atom stereocenters. The van der Waals surface area contributed by atoms with E-state index in [-0.39, 0.29) is 5.91 Å². The Labute approximate surface area is 130 Å². The van der Waals surface area contributed by atoms with Gasteiger partial charge < -0.3 is 10.1 Å². The van der Waals surface area contributed by atoms with Gasteiger partial charge >= 0.3 is 0 Å². The average Bonchev–Trinajstić information content (AvgIpc) is 2.83. The van der Waals surface area contributed by atoms with Gasteiger partial charge in [0.1, 0.15) is 5.75 Å². The average molecular weight is 293 g/mol. The van der Waals surface area contributed by atoms with Crippen LogP contribution in [-0.4, -0.2) is 13.0 Å². The third kappa shape index (κ3) is 2.50. The minimum atomic E-state index is -0.0468. The topological polar surface area (TPSA) is 38.3 Å². The van der Waals surface area contributed by atoms with Gasteiger partial charge in [0, 0.05) is 16.8 Å². The van der Waals surface area contributed by atoms with Crippen LogP contribution in [0.4, 0.5) is 5.69 Å². The molecule has 0 saturated carbocycles. The summed E-state index contributed by atoms with van der Waals surface area (Å²) in [6, 6.07) is 12.0. The molecule has 3 nitrogen and oxygen atoms in total. The second-order valence-corrected chi connectivity index (χ2v) is 5.49. The first-order chi connectivity index (χ1) is 10.6. The van der Waals surface area contributed by atoms with E-state index in [0.717, 1.165) is 40.1 Å². The lowest BCUT2D eigenvalue weighted by Crippen LogP contribution is -2.03. The molecule has 0 radical (unpaired) electrons. The summed E-state index contributed by atoms with van der Waals surface area (Å²) in [4.78, 5) is 12.2. The smallest absolute Gasteiger partial charge is 0.256 e. The van der Waals surface area contributed by atoms with Crippen molar-refractivity contribution in [2.75, 3.05) is 12.4 Å². The summed E-state index contributed by atoms with van der Waals surface area (Å²) in [5.41, 5.74) is 5.86. The number of carbonyl (C=O) groups is 1. The Bertz CT molecular complexity index is 775. The van der Waals surface area contributed by atoms with Crippen molar-refractivity contribution in [2.24, 2.45) is 0 Å². The lowest BCUT2D eigenvalue weighted by molar-refractivity contribution is -0.110. The molecule has 1 amide bonds. The summed E-state index contributed by atoms with van der Waals surface area (Å²) in [5, 5.41) is 2.91. The van der Waals surface area contributed by atoms with Crippen LogP contribution in [0, 0.1) is 6.92 Å². The number of hydrogen-bond acceptors (Lipinski definition) is 2. The summed E-state index contributed by atoms with van der Waals surface area (Å²) in [6.45, 7) is 4.12. The predicted molar refractivity (Wildman–Crippen MR) is 90.1 cm³/mol. The summed E-state index contributed by atoms with van der Waals surface area (Å²) in [7, 11) is 1.68. The molecular formula is C19H19NO2. The number of nitrogens with one attached hydrogen (secondary N) is 1. The molecule has 0 aromatic heterocycles. The molecule has 1 N–H and O–H groups in total. The highest BCUT2D eigenvalue weighted by Crippen LogP contribution is 2.34. The van der Waals surface area contributed by atoms with E-state index < -0.39 is 0 Å². The Balaban J connectivity index is 2.06. The molecule has 2 aromatic rings. The van der Waals surface area contributed by atoms with Crippen molar-refractivity contribution in [3.63, 3.8) is 0 Å². The largest absolute Gasteiger partial charge is 0.496 e. The lowest BCUT2D eigenvalue weighted by Gasteiger charge is -2.08. The van der Waals surface area contributed by atoms with E-state index >= 15 is 0 Å². The second-order valence-electron chi connectivity index (χ2n) is 5.49. The lowest BCUT2D eigenvalue weighted by atomic mass is 10.0. The predicted octanol–water partition coefficient (Wildman–Crippen LogP) is 4.06. The Morgan fingerprint density at radius 3 is 2.73 bits per heavy atom. The third-order valence-electron chi connectivity index (χ3n) is 3.95. The maximum atomic E-state index is 12.2. The van der Waals surface area contributed by atoms with E-state index in [1.165, 1.54) is 0 Å². The van der Waals surface area contributed by atoms with Crippen LogP contribution in [0.25, 0.3) is 11.6 Å². The fraction of sp³-hybridized carbons (Fsp3) is 0.211. The van der Waals surface area contributed by atoms with Crippen molar-refractivity contribution in [3.05, 3.63) is 58.7 Å². The highest BCUT2D eigenvalue weighted by Gasteiger charge is 2.23. The van der Waals surface area contributed by atoms with Gasteiger partial charge in [-0.1, -0.05) is 24.6 Å². The monoisotopic (exact) mass is 293 g/mol. The van der Waals surface area contributed by atoms with Crippen LogP contribution in [0.1, 0.15) is 29.2 Å². The van der Waals surface area contributed by atoms with Gasteiger partial charge in [-0.15, -0.1) is 0 Å². The number of carbonyl (C=O) groups excluding carboxylic acids is 1. The number of methoxy groups -OCH3 is 1. The molecule has 1 aliphatic rings. The molecule has 1 aliphatic heterocycles. The highest BCUT2D eigenvalue weighted by atomic mass is 16.5. The Morgan fingerprint density at radius 1 is 1.18 bits per heavy atom. The van der Waals surface area contributed by atoms with Crippen LogP contribution >= 0.6 is 0 Å². The molecule has 0 atom stereocenters. The summed E-state index contributed by atoms with van der Waals surface area (Å²) < 4.78 is 5.35.